The molecule has 0 bridgehead atoms. The summed E-state index contributed by atoms with van der Waals surface area (Å²) in [5, 5.41) is 8.49. The quantitative estimate of drug-likeness (QED) is 0.483. The van der Waals surface area contributed by atoms with E-state index in [1.54, 1.807) is 24.2 Å². The van der Waals surface area contributed by atoms with Crippen LogP contribution in [0.3, 0.4) is 0 Å². The van der Waals surface area contributed by atoms with Crippen molar-refractivity contribution in [3.05, 3.63) is 82.8 Å². The first-order valence-electron chi connectivity index (χ1n) is 10.6. The van der Waals surface area contributed by atoms with Crippen LogP contribution in [0.25, 0.3) is 11.0 Å². The van der Waals surface area contributed by atoms with Gasteiger partial charge in [-0.1, -0.05) is 30.3 Å². The summed E-state index contributed by atoms with van der Waals surface area (Å²) in [7, 11) is 3.46. The normalized spacial score (nSPS) is 12.0. The van der Waals surface area contributed by atoms with Gasteiger partial charge in [0.2, 0.25) is 11.8 Å². The Bertz CT molecular complexity index is 1200. The van der Waals surface area contributed by atoms with Gasteiger partial charge < -0.3 is 10.1 Å². The predicted octanol–water partition coefficient (Wildman–Crippen LogP) is 3.83. The van der Waals surface area contributed by atoms with Crippen LogP contribution < -0.4 is 10.1 Å². The molecule has 4 rings (SSSR count). The number of nitrogens with one attached hydrogen (secondary N) is 1. The third-order valence-corrected chi connectivity index (χ3v) is 5.80. The fourth-order valence-corrected chi connectivity index (χ4v) is 4.14. The average Bonchev–Trinajstić information content (AvgIpc) is 3.14. The Kier molecular flexibility index (Phi) is 6.16. The third kappa shape index (κ3) is 4.19. The molecule has 1 aromatic carbocycles. The predicted molar refractivity (Wildman–Crippen MR) is 124 cm³/mol. The highest BCUT2D eigenvalue weighted by atomic mass is 16.5. The van der Waals surface area contributed by atoms with Crippen LogP contribution in [-0.2, 0) is 18.3 Å². The van der Waals surface area contributed by atoms with Crippen LogP contribution in [0.2, 0.25) is 0 Å². The third-order valence-electron chi connectivity index (χ3n) is 5.80. The van der Waals surface area contributed by atoms with Crippen LogP contribution in [-0.4, -0.2) is 32.8 Å². The van der Waals surface area contributed by atoms with Crippen LogP contribution in [0, 0.1) is 13.8 Å². The summed E-state index contributed by atoms with van der Waals surface area (Å²) in [6.45, 7) is 4.01. The van der Waals surface area contributed by atoms with Gasteiger partial charge in [-0.3, -0.25) is 9.78 Å². The second-order valence-corrected chi connectivity index (χ2v) is 7.82. The van der Waals surface area contributed by atoms with Crippen LogP contribution >= 0.6 is 0 Å². The number of amides is 1. The topological polar surface area (TPSA) is 81.9 Å². The molecule has 7 nitrogen and oxygen atoms in total. The molecule has 164 valence electrons. The molecule has 32 heavy (non-hydrogen) atoms. The summed E-state index contributed by atoms with van der Waals surface area (Å²) in [5.41, 5.74) is 5.82. The van der Waals surface area contributed by atoms with Crippen molar-refractivity contribution >= 4 is 16.9 Å². The average molecular weight is 430 g/mol. The monoisotopic (exact) mass is 429 g/mol. The molecule has 0 saturated heterocycles. The zero-order chi connectivity index (χ0) is 22.7. The maximum absolute atomic E-state index is 13.0. The van der Waals surface area contributed by atoms with E-state index in [0.29, 0.717) is 18.7 Å². The summed E-state index contributed by atoms with van der Waals surface area (Å²) < 4.78 is 7.17. The first kappa shape index (κ1) is 21.5. The number of aryl methyl sites for hydroxylation is 3. The molecule has 0 aliphatic heterocycles. The number of carbonyl (C=O) groups excluding carboxylic acids is 1. The number of hydrogen-bond donors (Lipinski definition) is 1. The number of rotatable bonds is 7. The fourth-order valence-electron chi connectivity index (χ4n) is 4.14. The van der Waals surface area contributed by atoms with Crippen molar-refractivity contribution in [1.82, 2.24) is 25.1 Å². The number of hydrogen-bond acceptors (Lipinski definition) is 5. The van der Waals surface area contributed by atoms with Crippen LogP contribution in [0.1, 0.15) is 40.4 Å². The Hall–Kier alpha value is -3.74. The van der Waals surface area contributed by atoms with E-state index < -0.39 is 0 Å². The Labute approximate surface area is 187 Å². The molecule has 0 aliphatic rings. The SMILES string of the molecule is COc1nn(C)c2nc(C)c(CCC(=O)NC(c3ccccc3)c3ccncc3)c(C)c12. The molecule has 0 aliphatic carbocycles. The fraction of sp³-hybridized carbons (Fsp3) is 0.280. The Morgan fingerprint density at radius 1 is 1.09 bits per heavy atom. The maximum Gasteiger partial charge on any atom is 0.242 e. The summed E-state index contributed by atoms with van der Waals surface area (Å²) in [5.74, 6) is 0.535. The van der Waals surface area contributed by atoms with E-state index in [-0.39, 0.29) is 11.9 Å². The molecular weight excluding hydrogens is 402 g/mol. The summed E-state index contributed by atoms with van der Waals surface area (Å²) in [6, 6.07) is 13.6. The van der Waals surface area contributed by atoms with E-state index in [2.05, 4.69) is 15.4 Å². The lowest BCUT2D eigenvalue weighted by Gasteiger charge is -2.20. The number of aromatic nitrogens is 4. The summed E-state index contributed by atoms with van der Waals surface area (Å²) >= 11 is 0. The molecule has 0 saturated carbocycles. The smallest absolute Gasteiger partial charge is 0.242 e. The molecule has 0 radical (unpaired) electrons. The van der Waals surface area contributed by atoms with E-state index in [1.807, 2.05) is 63.4 Å². The molecule has 1 N–H and O–H groups in total. The number of ether oxygens (including phenoxy) is 1. The van der Waals surface area contributed by atoms with Crippen molar-refractivity contribution in [1.29, 1.82) is 0 Å². The molecule has 3 aromatic heterocycles. The Morgan fingerprint density at radius 2 is 1.78 bits per heavy atom. The van der Waals surface area contributed by atoms with Gasteiger partial charge in [0.05, 0.1) is 18.5 Å². The van der Waals surface area contributed by atoms with Gasteiger partial charge >= 0.3 is 0 Å². The highest BCUT2D eigenvalue weighted by Gasteiger charge is 2.20. The molecule has 1 amide bonds. The number of fused-ring (bicyclic) bond motifs is 1. The molecule has 7 heteroatoms. The molecule has 1 unspecified atom stereocenters. The summed E-state index contributed by atoms with van der Waals surface area (Å²) in [4.78, 5) is 21.8. The number of pyridine rings is 2. The second kappa shape index (κ2) is 9.18. The van der Waals surface area contributed by atoms with Gasteiger partial charge in [0.25, 0.3) is 0 Å². The van der Waals surface area contributed by atoms with Gasteiger partial charge in [-0.25, -0.2) is 9.67 Å². The lowest BCUT2D eigenvalue weighted by Crippen LogP contribution is -2.29. The molecular formula is C25H27N5O2. The Morgan fingerprint density at radius 3 is 2.47 bits per heavy atom. The van der Waals surface area contributed by atoms with E-state index in [0.717, 1.165) is 39.0 Å². The van der Waals surface area contributed by atoms with Crippen LogP contribution in [0.5, 0.6) is 5.88 Å². The minimum Gasteiger partial charge on any atom is -0.479 e. The van der Waals surface area contributed by atoms with Crippen LogP contribution in [0.15, 0.2) is 54.9 Å². The van der Waals surface area contributed by atoms with Crippen LogP contribution in [0.4, 0.5) is 0 Å². The van der Waals surface area contributed by atoms with Gasteiger partial charge in [0.15, 0.2) is 5.65 Å². The van der Waals surface area contributed by atoms with Crippen molar-refractivity contribution in [2.24, 2.45) is 7.05 Å². The first-order valence-corrected chi connectivity index (χ1v) is 10.6. The van der Waals surface area contributed by atoms with Crippen molar-refractivity contribution in [3.8, 4) is 5.88 Å². The van der Waals surface area contributed by atoms with Gasteiger partial charge in [-0.05, 0) is 54.7 Å². The van der Waals surface area contributed by atoms with Gasteiger partial charge in [-0.2, -0.15) is 0 Å². The molecule has 3 heterocycles. The zero-order valence-electron chi connectivity index (χ0n) is 18.8. The van der Waals surface area contributed by atoms with E-state index in [9.17, 15) is 4.79 Å². The van der Waals surface area contributed by atoms with E-state index >= 15 is 0 Å². The molecule has 0 spiro atoms. The van der Waals surface area contributed by atoms with Gasteiger partial charge in [0.1, 0.15) is 0 Å². The second-order valence-electron chi connectivity index (χ2n) is 7.82. The van der Waals surface area contributed by atoms with Crippen molar-refractivity contribution in [2.45, 2.75) is 32.7 Å². The highest BCUT2D eigenvalue weighted by molar-refractivity contribution is 5.86. The number of benzene rings is 1. The number of carbonyl (C=O) groups is 1. The van der Waals surface area contributed by atoms with Crippen molar-refractivity contribution in [2.75, 3.05) is 7.11 Å². The molecule has 4 aromatic rings. The Balaban J connectivity index is 1.56. The minimum absolute atomic E-state index is 0.0206. The standard InChI is InChI=1S/C25H27N5O2/c1-16-20(17(2)27-24-22(16)25(32-4)29-30(24)3)10-11-21(31)28-23(18-8-6-5-7-9-18)19-12-14-26-15-13-19/h5-9,12-15,23H,10-11H2,1-4H3,(H,28,31). The first-order chi connectivity index (χ1) is 15.5. The number of nitrogens with zero attached hydrogens (tertiary/aromatic N) is 4. The van der Waals surface area contributed by atoms with E-state index in [1.165, 1.54) is 0 Å². The lowest BCUT2D eigenvalue weighted by atomic mass is 9.98. The molecule has 0 fully saturated rings. The highest BCUT2D eigenvalue weighted by Crippen LogP contribution is 2.30. The maximum atomic E-state index is 13.0. The number of methoxy groups -OCH3 is 1. The molecule has 1 atom stereocenters. The zero-order valence-corrected chi connectivity index (χ0v) is 18.8. The largest absolute Gasteiger partial charge is 0.479 e. The lowest BCUT2D eigenvalue weighted by molar-refractivity contribution is -0.121. The van der Waals surface area contributed by atoms with Gasteiger partial charge in [-0.15, -0.1) is 5.10 Å². The van der Waals surface area contributed by atoms with E-state index in [4.69, 9.17) is 9.72 Å². The van der Waals surface area contributed by atoms with Gasteiger partial charge in [0, 0.05) is 31.6 Å². The minimum atomic E-state index is -0.229. The summed E-state index contributed by atoms with van der Waals surface area (Å²) in [6.07, 6.45) is 4.42. The van der Waals surface area contributed by atoms with Crippen molar-refractivity contribution in [3.63, 3.8) is 0 Å². The van der Waals surface area contributed by atoms with Crippen molar-refractivity contribution < 1.29 is 9.53 Å².